The Morgan fingerprint density at radius 1 is 1.44 bits per heavy atom. The van der Waals surface area contributed by atoms with Crippen LogP contribution in [0.4, 0.5) is 0 Å². The third kappa shape index (κ3) is 2.79. The van der Waals surface area contributed by atoms with Gasteiger partial charge in [0.1, 0.15) is 5.65 Å². The summed E-state index contributed by atoms with van der Waals surface area (Å²) in [7, 11) is -1.08. The van der Waals surface area contributed by atoms with E-state index in [2.05, 4.69) is 20.8 Å². The predicted molar refractivity (Wildman–Crippen MR) is 75.5 cm³/mol. The molecule has 2 rings (SSSR count). The second-order valence-corrected chi connectivity index (χ2v) is 7.40. The normalized spacial score (nSPS) is 15.8. The first kappa shape index (κ1) is 13.2. The summed E-state index contributed by atoms with van der Waals surface area (Å²) >= 11 is 0. The fourth-order valence-electron chi connectivity index (χ4n) is 1.60. The number of rotatable bonds is 3. The van der Waals surface area contributed by atoms with E-state index in [1.807, 2.05) is 46.2 Å². The van der Waals surface area contributed by atoms with Crippen LogP contribution in [0.1, 0.15) is 39.3 Å². The monoisotopic (exact) mass is 265 g/mol. The molecule has 0 spiro atoms. The molecule has 2 aromatic rings. The number of hydrogen-bond donors (Lipinski definition) is 2. The van der Waals surface area contributed by atoms with Crippen LogP contribution in [0, 0.1) is 0 Å². The highest BCUT2D eigenvalue weighted by Gasteiger charge is 2.21. The predicted octanol–water partition coefficient (Wildman–Crippen LogP) is 2.68. The molecule has 98 valence electrons. The Hall–Kier alpha value is -1.20. The van der Waals surface area contributed by atoms with Crippen LogP contribution in [0.2, 0.25) is 0 Å². The third-order valence-corrected chi connectivity index (χ3v) is 4.44. The summed E-state index contributed by atoms with van der Waals surface area (Å²) in [6, 6.07) is 4.06. The number of nitrogens with one attached hydrogen (secondary N) is 2. The number of pyridine rings is 1. The molecule has 0 unspecified atom stereocenters. The zero-order chi connectivity index (χ0) is 13.3. The number of aromatic nitrogens is 2. The van der Waals surface area contributed by atoms with Crippen molar-refractivity contribution in [1.82, 2.24) is 14.7 Å². The summed E-state index contributed by atoms with van der Waals surface area (Å²) in [6.45, 7) is 7.86. The van der Waals surface area contributed by atoms with Gasteiger partial charge in [-0.3, -0.25) is 0 Å². The molecule has 0 saturated carbocycles. The fourth-order valence-corrected chi connectivity index (χ4v) is 2.41. The first-order valence-electron chi connectivity index (χ1n) is 5.99. The maximum absolute atomic E-state index is 12.0. The maximum atomic E-state index is 12.0. The van der Waals surface area contributed by atoms with Crippen LogP contribution in [-0.2, 0) is 11.0 Å². The summed E-state index contributed by atoms with van der Waals surface area (Å²) < 4.78 is 14.9. The number of fused-ring (bicyclic) bond motifs is 1. The Labute approximate surface area is 110 Å². The van der Waals surface area contributed by atoms with Crippen LogP contribution < -0.4 is 4.72 Å². The minimum Gasteiger partial charge on any atom is -0.346 e. The first-order valence-corrected chi connectivity index (χ1v) is 7.14. The van der Waals surface area contributed by atoms with Gasteiger partial charge < -0.3 is 4.98 Å². The summed E-state index contributed by atoms with van der Waals surface area (Å²) in [5.74, 6) is 0. The van der Waals surface area contributed by atoms with Gasteiger partial charge in [0.05, 0.1) is 15.7 Å². The van der Waals surface area contributed by atoms with Crippen LogP contribution in [0.15, 0.2) is 24.5 Å². The minimum atomic E-state index is -1.08. The van der Waals surface area contributed by atoms with Crippen LogP contribution in [0.3, 0.4) is 0 Å². The lowest BCUT2D eigenvalue weighted by Gasteiger charge is -2.22. The zero-order valence-corrected chi connectivity index (χ0v) is 12.0. The minimum absolute atomic E-state index is 0.0110. The van der Waals surface area contributed by atoms with Crippen molar-refractivity contribution in [1.29, 1.82) is 0 Å². The largest absolute Gasteiger partial charge is 0.346 e. The average Bonchev–Trinajstić information content (AvgIpc) is 2.74. The molecule has 2 N–H and O–H groups in total. The van der Waals surface area contributed by atoms with Crippen LogP contribution >= 0.6 is 0 Å². The highest BCUT2D eigenvalue weighted by molar-refractivity contribution is 7.84. The van der Waals surface area contributed by atoms with Gasteiger partial charge in [0, 0.05) is 23.8 Å². The molecule has 0 fully saturated rings. The van der Waals surface area contributed by atoms with Crippen LogP contribution in [0.25, 0.3) is 11.0 Å². The van der Waals surface area contributed by atoms with Gasteiger partial charge >= 0.3 is 0 Å². The topological polar surface area (TPSA) is 57.8 Å². The molecule has 18 heavy (non-hydrogen) atoms. The van der Waals surface area contributed by atoms with E-state index in [0.717, 1.165) is 16.6 Å². The number of hydrogen-bond acceptors (Lipinski definition) is 2. The molecule has 2 heterocycles. The molecule has 4 nitrogen and oxygen atoms in total. The Kier molecular flexibility index (Phi) is 3.54. The Morgan fingerprint density at radius 2 is 2.17 bits per heavy atom. The quantitative estimate of drug-likeness (QED) is 0.896. The zero-order valence-electron chi connectivity index (χ0n) is 11.2. The summed E-state index contributed by atoms with van der Waals surface area (Å²) in [5.41, 5.74) is 1.92. The third-order valence-electron chi connectivity index (χ3n) is 2.76. The van der Waals surface area contributed by atoms with Gasteiger partial charge in [0.25, 0.3) is 0 Å². The second kappa shape index (κ2) is 4.82. The van der Waals surface area contributed by atoms with E-state index in [9.17, 15) is 4.21 Å². The van der Waals surface area contributed by atoms with Gasteiger partial charge in [-0.2, -0.15) is 0 Å². The molecule has 0 bridgehead atoms. The lowest BCUT2D eigenvalue weighted by Crippen LogP contribution is -2.34. The molecule has 0 aliphatic carbocycles. The van der Waals surface area contributed by atoms with Gasteiger partial charge in [-0.05, 0) is 45.4 Å². The molecule has 0 aromatic carbocycles. The lowest BCUT2D eigenvalue weighted by molar-refractivity contribution is 0.616. The second-order valence-electron chi connectivity index (χ2n) is 5.40. The average molecular weight is 265 g/mol. The van der Waals surface area contributed by atoms with E-state index in [1.54, 1.807) is 0 Å². The molecule has 0 aliphatic rings. The van der Waals surface area contributed by atoms with Crippen molar-refractivity contribution in [3.63, 3.8) is 0 Å². The molecular weight excluding hydrogens is 246 g/mol. The maximum Gasteiger partial charge on any atom is 0.137 e. The molecule has 0 saturated heterocycles. The van der Waals surface area contributed by atoms with Crippen molar-refractivity contribution < 1.29 is 4.21 Å². The van der Waals surface area contributed by atoms with Gasteiger partial charge in [-0.15, -0.1) is 0 Å². The Bertz CT molecular complexity index is 571. The van der Waals surface area contributed by atoms with Crippen molar-refractivity contribution in [2.75, 3.05) is 0 Å². The van der Waals surface area contributed by atoms with E-state index in [1.165, 1.54) is 0 Å². The summed E-state index contributed by atoms with van der Waals surface area (Å²) in [6.07, 6.45) is 3.68. The Balaban J connectivity index is 2.18. The molecule has 0 amide bonds. The van der Waals surface area contributed by atoms with E-state index in [4.69, 9.17) is 0 Å². The van der Waals surface area contributed by atoms with Gasteiger partial charge in [0.15, 0.2) is 0 Å². The van der Waals surface area contributed by atoms with E-state index >= 15 is 0 Å². The van der Waals surface area contributed by atoms with Gasteiger partial charge in [-0.25, -0.2) is 13.9 Å². The van der Waals surface area contributed by atoms with E-state index in [-0.39, 0.29) is 10.8 Å². The number of H-pyrrole nitrogens is 1. The fraction of sp³-hybridized carbons (Fsp3) is 0.462. The molecular formula is C13H19N3OS. The molecule has 2 aromatic heterocycles. The SMILES string of the molecule is C[C@H](N[S@@](=O)C(C)(C)C)c1cnc2[nH]ccc2c1. The smallest absolute Gasteiger partial charge is 0.137 e. The first-order chi connectivity index (χ1) is 8.38. The van der Waals surface area contributed by atoms with Crippen molar-refractivity contribution >= 4 is 22.0 Å². The summed E-state index contributed by atoms with van der Waals surface area (Å²) in [4.78, 5) is 7.40. The van der Waals surface area contributed by atoms with Gasteiger partial charge in [-0.1, -0.05) is 0 Å². The van der Waals surface area contributed by atoms with Crippen LogP contribution in [0.5, 0.6) is 0 Å². The van der Waals surface area contributed by atoms with Crippen molar-refractivity contribution in [3.05, 3.63) is 30.1 Å². The number of nitrogens with zero attached hydrogens (tertiary/aromatic N) is 1. The highest BCUT2D eigenvalue weighted by atomic mass is 32.2. The highest BCUT2D eigenvalue weighted by Crippen LogP contribution is 2.19. The Morgan fingerprint density at radius 3 is 2.83 bits per heavy atom. The molecule has 5 heteroatoms. The lowest BCUT2D eigenvalue weighted by atomic mass is 10.1. The summed E-state index contributed by atoms with van der Waals surface area (Å²) in [5, 5.41) is 1.07. The van der Waals surface area contributed by atoms with E-state index < -0.39 is 11.0 Å². The molecule has 0 aliphatic heterocycles. The standard InChI is InChI=1S/C13H19N3OS/c1-9(16-18(17)13(2,3)4)11-7-10-5-6-14-12(10)15-8-11/h5-9,16H,1-4H3,(H,14,15)/t9-,18-/m0/s1. The van der Waals surface area contributed by atoms with Crippen molar-refractivity contribution in [3.8, 4) is 0 Å². The van der Waals surface area contributed by atoms with Crippen molar-refractivity contribution in [2.24, 2.45) is 0 Å². The van der Waals surface area contributed by atoms with Gasteiger partial charge in [0.2, 0.25) is 0 Å². The molecule has 2 atom stereocenters. The van der Waals surface area contributed by atoms with Crippen LogP contribution in [-0.4, -0.2) is 18.9 Å². The van der Waals surface area contributed by atoms with Crippen molar-refractivity contribution in [2.45, 2.75) is 38.5 Å². The number of aromatic amines is 1. The van der Waals surface area contributed by atoms with E-state index in [0.29, 0.717) is 0 Å². The molecule has 0 radical (unpaired) electrons.